The molecule has 2 rings (SSSR count). The van der Waals surface area contributed by atoms with Crippen LogP contribution in [0.2, 0.25) is 0 Å². The van der Waals surface area contributed by atoms with Crippen LogP contribution in [-0.2, 0) is 0 Å². The third kappa shape index (κ3) is 2.17. The lowest BCUT2D eigenvalue weighted by Gasteiger charge is -2.51. The predicted octanol–water partition coefficient (Wildman–Crippen LogP) is 2.75. The fourth-order valence-electron chi connectivity index (χ4n) is 3.69. The molecule has 2 heteroatoms. The molecule has 0 heterocycles. The van der Waals surface area contributed by atoms with Gasteiger partial charge in [0.25, 0.3) is 0 Å². The van der Waals surface area contributed by atoms with Crippen LogP contribution in [0, 0.1) is 23.2 Å². The molecule has 0 radical (unpaired) electrons. The zero-order valence-electron chi connectivity index (χ0n) is 11.3. The molecule has 1 saturated carbocycles. The summed E-state index contributed by atoms with van der Waals surface area (Å²) >= 11 is 0. The second kappa shape index (κ2) is 4.40. The molecule has 0 aliphatic heterocycles. The van der Waals surface area contributed by atoms with Crippen molar-refractivity contribution < 1.29 is 10.2 Å². The summed E-state index contributed by atoms with van der Waals surface area (Å²) in [6.07, 6.45) is 9.35. The Morgan fingerprint density at radius 2 is 2.06 bits per heavy atom. The van der Waals surface area contributed by atoms with Crippen molar-refractivity contribution in [3.05, 3.63) is 12.2 Å². The Morgan fingerprint density at radius 3 is 2.71 bits per heavy atom. The lowest BCUT2D eigenvalue weighted by molar-refractivity contribution is -0.0655. The standard InChI is InChI=1S/C15H26O2/c1-11-5-4-6-12-7-8-13(9-14(11,12)2)15(3,17)10-16/h7-8,11-13,16-17H,4-6,9-10H2,1-3H3. The van der Waals surface area contributed by atoms with Crippen molar-refractivity contribution in [2.75, 3.05) is 6.61 Å². The van der Waals surface area contributed by atoms with Gasteiger partial charge < -0.3 is 10.2 Å². The normalized spacial score (nSPS) is 45.1. The molecule has 0 aromatic rings. The molecule has 2 aliphatic carbocycles. The van der Waals surface area contributed by atoms with Crippen LogP contribution in [0.25, 0.3) is 0 Å². The highest BCUT2D eigenvalue weighted by Crippen LogP contribution is 2.53. The summed E-state index contributed by atoms with van der Waals surface area (Å²) in [6, 6.07) is 0. The van der Waals surface area contributed by atoms with Crippen LogP contribution < -0.4 is 0 Å². The van der Waals surface area contributed by atoms with Crippen molar-refractivity contribution in [3.63, 3.8) is 0 Å². The number of aliphatic hydroxyl groups is 2. The Hall–Kier alpha value is -0.340. The molecular formula is C15H26O2. The van der Waals surface area contributed by atoms with E-state index in [2.05, 4.69) is 26.0 Å². The van der Waals surface area contributed by atoms with Crippen molar-refractivity contribution in [2.45, 2.75) is 52.1 Å². The van der Waals surface area contributed by atoms with Gasteiger partial charge in [0.05, 0.1) is 12.2 Å². The average Bonchev–Trinajstić information content (AvgIpc) is 2.30. The molecule has 98 valence electrons. The summed E-state index contributed by atoms with van der Waals surface area (Å²) in [5.74, 6) is 1.47. The quantitative estimate of drug-likeness (QED) is 0.726. The molecule has 17 heavy (non-hydrogen) atoms. The van der Waals surface area contributed by atoms with Gasteiger partial charge in [0, 0.05) is 5.92 Å². The minimum atomic E-state index is -0.971. The van der Waals surface area contributed by atoms with Gasteiger partial charge >= 0.3 is 0 Å². The molecule has 0 amide bonds. The van der Waals surface area contributed by atoms with E-state index in [9.17, 15) is 10.2 Å². The first-order valence-corrected chi connectivity index (χ1v) is 6.92. The van der Waals surface area contributed by atoms with Gasteiger partial charge in [0.2, 0.25) is 0 Å². The lowest BCUT2D eigenvalue weighted by Crippen LogP contribution is -2.47. The Morgan fingerprint density at radius 1 is 1.35 bits per heavy atom. The Balaban J connectivity index is 2.23. The van der Waals surface area contributed by atoms with E-state index >= 15 is 0 Å². The third-order valence-electron chi connectivity index (χ3n) is 5.48. The average molecular weight is 238 g/mol. The van der Waals surface area contributed by atoms with E-state index in [4.69, 9.17) is 0 Å². The van der Waals surface area contributed by atoms with Crippen LogP contribution in [0.15, 0.2) is 12.2 Å². The zero-order valence-corrected chi connectivity index (χ0v) is 11.3. The number of hydrogen-bond acceptors (Lipinski definition) is 2. The minimum Gasteiger partial charge on any atom is -0.393 e. The molecule has 0 aromatic heterocycles. The number of aliphatic hydroxyl groups excluding tert-OH is 1. The van der Waals surface area contributed by atoms with Crippen LogP contribution in [0.5, 0.6) is 0 Å². The zero-order chi connectivity index (χ0) is 12.7. The summed E-state index contributed by atoms with van der Waals surface area (Å²) < 4.78 is 0. The van der Waals surface area contributed by atoms with Crippen LogP contribution in [0.4, 0.5) is 0 Å². The smallest absolute Gasteiger partial charge is 0.0911 e. The van der Waals surface area contributed by atoms with Gasteiger partial charge in [-0.15, -0.1) is 0 Å². The molecule has 5 unspecified atom stereocenters. The van der Waals surface area contributed by atoms with E-state index in [-0.39, 0.29) is 12.5 Å². The molecule has 2 aliphatic rings. The highest BCUT2D eigenvalue weighted by Gasteiger charge is 2.46. The Labute approximate surface area is 105 Å². The van der Waals surface area contributed by atoms with Crippen LogP contribution in [0.3, 0.4) is 0 Å². The van der Waals surface area contributed by atoms with E-state index in [1.165, 1.54) is 19.3 Å². The van der Waals surface area contributed by atoms with Crippen LogP contribution >= 0.6 is 0 Å². The number of allylic oxidation sites excluding steroid dienone is 1. The first-order chi connectivity index (χ1) is 7.90. The molecule has 0 saturated heterocycles. The van der Waals surface area contributed by atoms with Crippen molar-refractivity contribution >= 4 is 0 Å². The summed E-state index contributed by atoms with van der Waals surface area (Å²) in [5.41, 5.74) is -0.668. The van der Waals surface area contributed by atoms with Gasteiger partial charge in [-0.3, -0.25) is 0 Å². The van der Waals surface area contributed by atoms with Crippen LogP contribution in [-0.4, -0.2) is 22.4 Å². The molecule has 5 atom stereocenters. The van der Waals surface area contributed by atoms with E-state index in [1.54, 1.807) is 6.92 Å². The summed E-state index contributed by atoms with van der Waals surface area (Å²) in [6.45, 7) is 6.30. The first-order valence-electron chi connectivity index (χ1n) is 6.92. The topological polar surface area (TPSA) is 40.5 Å². The number of rotatable bonds is 2. The Bertz CT molecular complexity index is 308. The van der Waals surface area contributed by atoms with Crippen molar-refractivity contribution in [1.29, 1.82) is 0 Å². The second-order valence-corrected chi connectivity index (χ2v) is 6.66. The molecule has 0 aromatic carbocycles. The van der Waals surface area contributed by atoms with Crippen molar-refractivity contribution in [2.24, 2.45) is 23.2 Å². The summed E-state index contributed by atoms with van der Waals surface area (Å²) in [7, 11) is 0. The molecular weight excluding hydrogens is 212 g/mol. The van der Waals surface area contributed by atoms with Crippen molar-refractivity contribution in [3.8, 4) is 0 Å². The van der Waals surface area contributed by atoms with Gasteiger partial charge in [-0.25, -0.2) is 0 Å². The third-order valence-corrected chi connectivity index (χ3v) is 5.48. The number of fused-ring (bicyclic) bond motifs is 1. The van der Waals surface area contributed by atoms with Gasteiger partial charge in [-0.2, -0.15) is 0 Å². The van der Waals surface area contributed by atoms with Crippen molar-refractivity contribution in [1.82, 2.24) is 0 Å². The first kappa shape index (κ1) is 13.1. The maximum Gasteiger partial charge on any atom is 0.0911 e. The van der Waals surface area contributed by atoms with E-state index < -0.39 is 5.60 Å². The van der Waals surface area contributed by atoms with E-state index in [1.807, 2.05) is 0 Å². The highest BCUT2D eigenvalue weighted by molar-refractivity contribution is 5.12. The van der Waals surface area contributed by atoms with Gasteiger partial charge in [0.15, 0.2) is 0 Å². The fraction of sp³-hybridized carbons (Fsp3) is 0.867. The van der Waals surface area contributed by atoms with E-state index in [0.717, 1.165) is 6.42 Å². The maximum atomic E-state index is 10.2. The highest BCUT2D eigenvalue weighted by atomic mass is 16.3. The summed E-state index contributed by atoms with van der Waals surface area (Å²) in [4.78, 5) is 0. The minimum absolute atomic E-state index is 0.0919. The Kier molecular flexibility index (Phi) is 3.39. The SMILES string of the molecule is CC1CCCC2C=CC(C(C)(O)CO)CC12C. The largest absolute Gasteiger partial charge is 0.393 e. The molecule has 2 nitrogen and oxygen atoms in total. The summed E-state index contributed by atoms with van der Waals surface area (Å²) in [5, 5.41) is 19.5. The number of hydrogen-bond donors (Lipinski definition) is 2. The molecule has 0 bridgehead atoms. The maximum absolute atomic E-state index is 10.2. The van der Waals surface area contributed by atoms with Gasteiger partial charge in [-0.1, -0.05) is 38.8 Å². The molecule has 0 spiro atoms. The van der Waals surface area contributed by atoms with Crippen LogP contribution in [0.1, 0.15) is 46.5 Å². The second-order valence-electron chi connectivity index (χ2n) is 6.66. The molecule has 2 N–H and O–H groups in total. The predicted molar refractivity (Wildman–Crippen MR) is 69.6 cm³/mol. The fourth-order valence-corrected chi connectivity index (χ4v) is 3.69. The monoisotopic (exact) mass is 238 g/mol. The van der Waals surface area contributed by atoms with E-state index in [0.29, 0.717) is 17.3 Å². The molecule has 1 fully saturated rings. The lowest BCUT2D eigenvalue weighted by atomic mass is 9.55. The van der Waals surface area contributed by atoms with Gasteiger partial charge in [0.1, 0.15) is 0 Å². The van der Waals surface area contributed by atoms with Gasteiger partial charge in [-0.05, 0) is 37.0 Å².